The first-order chi connectivity index (χ1) is 8.67. The standard InChI is InChI=1S/C11H21N5OS/c1-4-12-10(13-5-6-17)14-7-9-8-18-11(15-9)16(2)3/h8,17H,4-7H2,1-3H3,(H2,12,13,14). The molecular weight excluding hydrogens is 250 g/mol. The van der Waals surface area contributed by atoms with E-state index in [1.165, 1.54) is 0 Å². The molecule has 0 aliphatic heterocycles. The van der Waals surface area contributed by atoms with E-state index >= 15 is 0 Å². The third-order valence-corrected chi connectivity index (χ3v) is 3.13. The van der Waals surface area contributed by atoms with Crippen molar-refractivity contribution in [3.63, 3.8) is 0 Å². The fraction of sp³-hybridized carbons (Fsp3) is 0.636. The molecule has 0 amide bonds. The number of hydrogen-bond donors (Lipinski definition) is 3. The average Bonchev–Trinajstić information content (AvgIpc) is 2.81. The Morgan fingerprint density at radius 3 is 2.83 bits per heavy atom. The van der Waals surface area contributed by atoms with Crippen molar-refractivity contribution in [3.05, 3.63) is 11.1 Å². The Bertz CT molecular complexity index is 377. The molecule has 0 bridgehead atoms. The summed E-state index contributed by atoms with van der Waals surface area (Å²) in [5.41, 5.74) is 0.949. The summed E-state index contributed by atoms with van der Waals surface area (Å²) in [7, 11) is 3.94. The van der Waals surface area contributed by atoms with Crippen molar-refractivity contribution in [2.45, 2.75) is 13.5 Å². The van der Waals surface area contributed by atoms with E-state index in [9.17, 15) is 0 Å². The van der Waals surface area contributed by atoms with Crippen LogP contribution in [0.2, 0.25) is 0 Å². The second kappa shape index (κ2) is 7.88. The molecule has 0 saturated heterocycles. The highest BCUT2D eigenvalue weighted by molar-refractivity contribution is 7.13. The minimum atomic E-state index is 0.0892. The van der Waals surface area contributed by atoms with Gasteiger partial charge in [-0.15, -0.1) is 11.3 Å². The van der Waals surface area contributed by atoms with Gasteiger partial charge in [0, 0.05) is 32.6 Å². The van der Waals surface area contributed by atoms with Crippen LogP contribution in [0.3, 0.4) is 0 Å². The van der Waals surface area contributed by atoms with Gasteiger partial charge in [0.2, 0.25) is 0 Å². The van der Waals surface area contributed by atoms with Crippen molar-refractivity contribution in [1.82, 2.24) is 15.6 Å². The van der Waals surface area contributed by atoms with Crippen molar-refractivity contribution >= 4 is 22.4 Å². The predicted molar refractivity (Wildman–Crippen MR) is 76.3 cm³/mol. The van der Waals surface area contributed by atoms with Gasteiger partial charge in [-0.1, -0.05) is 0 Å². The molecule has 1 heterocycles. The van der Waals surface area contributed by atoms with Crippen molar-refractivity contribution < 1.29 is 5.11 Å². The number of guanidine groups is 1. The highest BCUT2D eigenvalue weighted by atomic mass is 32.1. The highest BCUT2D eigenvalue weighted by Gasteiger charge is 2.03. The molecule has 7 heteroatoms. The maximum atomic E-state index is 8.77. The Morgan fingerprint density at radius 2 is 2.28 bits per heavy atom. The van der Waals surface area contributed by atoms with Gasteiger partial charge in [0.15, 0.2) is 11.1 Å². The molecule has 0 unspecified atom stereocenters. The molecule has 0 saturated carbocycles. The van der Waals surface area contributed by atoms with E-state index in [4.69, 9.17) is 5.11 Å². The average molecular weight is 271 g/mol. The van der Waals surface area contributed by atoms with Gasteiger partial charge in [-0.05, 0) is 6.92 Å². The fourth-order valence-corrected chi connectivity index (χ4v) is 2.00. The molecule has 0 fully saturated rings. The molecule has 0 atom stereocenters. The monoisotopic (exact) mass is 271 g/mol. The highest BCUT2D eigenvalue weighted by Crippen LogP contribution is 2.18. The van der Waals surface area contributed by atoms with E-state index in [0.717, 1.165) is 17.4 Å². The van der Waals surface area contributed by atoms with Crippen LogP contribution in [0.15, 0.2) is 10.4 Å². The molecule has 102 valence electrons. The van der Waals surface area contributed by atoms with Crippen molar-refractivity contribution in [2.75, 3.05) is 38.7 Å². The first kappa shape index (κ1) is 14.7. The maximum absolute atomic E-state index is 8.77. The third-order valence-electron chi connectivity index (χ3n) is 2.07. The number of aliphatic hydroxyl groups excluding tert-OH is 1. The van der Waals surface area contributed by atoms with E-state index in [2.05, 4.69) is 20.6 Å². The summed E-state index contributed by atoms with van der Waals surface area (Å²) in [5, 5.41) is 17.9. The summed E-state index contributed by atoms with van der Waals surface area (Å²) in [6, 6.07) is 0. The number of hydrogen-bond acceptors (Lipinski definition) is 5. The zero-order valence-electron chi connectivity index (χ0n) is 11.1. The molecule has 0 aliphatic carbocycles. The Labute approximate surface area is 112 Å². The summed E-state index contributed by atoms with van der Waals surface area (Å²) < 4.78 is 0. The lowest BCUT2D eigenvalue weighted by atomic mass is 10.5. The van der Waals surface area contributed by atoms with Crippen LogP contribution < -0.4 is 15.5 Å². The lowest BCUT2D eigenvalue weighted by Gasteiger charge is -2.09. The van der Waals surface area contributed by atoms with E-state index in [0.29, 0.717) is 19.0 Å². The van der Waals surface area contributed by atoms with Crippen LogP contribution in [0.5, 0.6) is 0 Å². The van der Waals surface area contributed by atoms with Crippen molar-refractivity contribution in [2.24, 2.45) is 4.99 Å². The van der Waals surface area contributed by atoms with Crippen LogP contribution >= 0.6 is 11.3 Å². The SMILES string of the molecule is CCNC(=NCc1csc(N(C)C)n1)NCCO. The van der Waals surface area contributed by atoms with Crippen LogP contribution in [0.1, 0.15) is 12.6 Å². The molecule has 1 aromatic heterocycles. The van der Waals surface area contributed by atoms with Crippen molar-refractivity contribution in [1.29, 1.82) is 0 Å². The number of aliphatic hydroxyl groups is 1. The number of nitrogens with zero attached hydrogens (tertiary/aromatic N) is 3. The van der Waals surface area contributed by atoms with Gasteiger partial charge in [0.25, 0.3) is 0 Å². The molecule has 18 heavy (non-hydrogen) atoms. The van der Waals surface area contributed by atoms with E-state index in [1.54, 1.807) is 11.3 Å². The second-order valence-corrected chi connectivity index (χ2v) is 4.70. The molecule has 6 nitrogen and oxygen atoms in total. The third kappa shape index (κ3) is 4.89. The van der Waals surface area contributed by atoms with Gasteiger partial charge in [0.05, 0.1) is 18.8 Å². The van der Waals surface area contributed by atoms with Gasteiger partial charge >= 0.3 is 0 Å². The minimum Gasteiger partial charge on any atom is -0.395 e. The Kier molecular flexibility index (Phi) is 6.45. The van der Waals surface area contributed by atoms with Gasteiger partial charge in [0.1, 0.15) is 0 Å². The number of nitrogens with one attached hydrogen (secondary N) is 2. The van der Waals surface area contributed by atoms with Gasteiger partial charge in [-0.3, -0.25) is 0 Å². The lowest BCUT2D eigenvalue weighted by molar-refractivity contribution is 0.300. The van der Waals surface area contributed by atoms with Crippen LogP contribution in [0.25, 0.3) is 0 Å². The second-order valence-electron chi connectivity index (χ2n) is 3.86. The fourth-order valence-electron chi connectivity index (χ4n) is 1.25. The summed E-state index contributed by atoms with van der Waals surface area (Å²) in [5.74, 6) is 0.700. The maximum Gasteiger partial charge on any atom is 0.191 e. The summed E-state index contributed by atoms with van der Waals surface area (Å²) in [6.07, 6.45) is 0. The number of rotatable bonds is 6. The molecule has 1 aromatic rings. The Hall–Kier alpha value is -1.34. The van der Waals surface area contributed by atoms with Gasteiger partial charge < -0.3 is 20.6 Å². The zero-order valence-corrected chi connectivity index (χ0v) is 11.9. The molecule has 0 radical (unpaired) electrons. The smallest absolute Gasteiger partial charge is 0.191 e. The number of anilines is 1. The number of aromatic nitrogens is 1. The quantitative estimate of drug-likeness (QED) is 0.511. The minimum absolute atomic E-state index is 0.0892. The summed E-state index contributed by atoms with van der Waals surface area (Å²) in [4.78, 5) is 10.8. The topological polar surface area (TPSA) is 72.8 Å². The molecule has 1 rings (SSSR count). The normalized spacial score (nSPS) is 11.4. The number of aliphatic imine (C=N–C) groups is 1. The first-order valence-electron chi connectivity index (χ1n) is 5.92. The first-order valence-corrected chi connectivity index (χ1v) is 6.80. The predicted octanol–water partition coefficient (Wildman–Crippen LogP) is 0.257. The largest absolute Gasteiger partial charge is 0.395 e. The van der Waals surface area contributed by atoms with Gasteiger partial charge in [-0.25, -0.2) is 9.98 Å². The molecule has 0 aromatic carbocycles. The van der Waals surface area contributed by atoms with E-state index in [1.807, 2.05) is 31.3 Å². The Morgan fingerprint density at radius 1 is 1.50 bits per heavy atom. The molecule has 3 N–H and O–H groups in total. The van der Waals surface area contributed by atoms with Crippen LogP contribution in [-0.4, -0.2) is 49.8 Å². The molecule has 0 aliphatic rings. The van der Waals surface area contributed by atoms with E-state index < -0.39 is 0 Å². The van der Waals surface area contributed by atoms with E-state index in [-0.39, 0.29) is 6.61 Å². The lowest BCUT2D eigenvalue weighted by Crippen LogP contribution is -2.38. The van der Waals surface area contributed by atoms with Crippen LogP contribution in [0, 0.1) is 0 Å². The van der Waals surface area contributed by atoms with Gasteiger partial charge in [-0.2, -0.15) is 0 Å². The Balaban J connectivity index is 2.56. The molecular formula is C11H21N5OS. The van der Waals surface area contributed by atoms with Crippen molar-refractivity contribution in [3.8, 4) is 0 Å². The summed E-state index contributed by atoms with van der Waals surface area (Å²) >= 11 is 1.61. The molecule has 0 spiro atoms. The van der Waals surface area contributed by atoms with Crippen LogP contribution in [-0.2, 0) is 6.54 Å². The summed E-state index contributed by atoms with van der Waals surface area (Å²) in [6.45, 7) is 3.91. The number of thiazole rings is 1. The zero-order chi connectivity index (χ0) is 13.4. The van der Waals surface area contributed by atoms with Crippen LogP contribution in [0.4, 0.5) is 5.13 Å².